The topological polar surface area (TPSA) is 77.9 Å². The van der Waals surface area contributed by atoms with Crippen molar-refractivity contribution < 1.29 is 18.3 Å². The van der Waals surface area contributed by atoms with Crippen molar-refractivity contribution in [1.82, 2.24) is 9.21 Å². The summed E-state index contributed by atoms with van der Waals surface area (Å²) in [6, 6.07) is 5.09. The number of nitrogens with zero attached hydrogens (tertiary/aromatic N) is 2. The van der Waals surface area contributed by atoms with Crippen LogP contribution in [0.4, 0.5) is 0 Å². The molecular weight excluding hydrogens is 412 g/mol. The average Bonchev–Trinajstić information content (AvgIpc) is 2.70. The Bertz CT molecular complexity index is 829. The molecule has 0 aliphatic carbocycles. The molecule has 1 aromatic rings. The van der Waals surface area contributed by atoms with Gasteiger partial charge in [0.25, 0.3) is 0 Å². The van der Waals surface area contributed by atoms with Gasteiger partial charge in [0.1, 0.15) is 5.75 Å². The Hall–Kier alpha value is -1.31. The summed E-state index contributed by atoms with van der Waals surface area (Å²) in [5, 5.41) is 9.85. The first-order chi connectivity index (χ1) is 13.6. The van der Waals surface area contributed by atoms with E-state index in [1.807, 2.05) is 11.8 Å². The molecule has 1 amide bonds. The Morgan fingerprint density at radius 1 is 1.14 bits per heavy atom. The molecule has 1 atom stereocenters. The maximum atomic E-state index is 12.9. The molecule has 1 aromatic carbocycles. The number of aromatic hydroxyl groups is 1. The summed E-state index contributed by atoms with van der Waals surface area (Å²) in [6.45, 7) is 4.73. The van der Waals surface area contributed by atoms with Gasteiger partial charge in [-0.15, -0.1) is 0 Å². The van der Waals surface area contributed by atoms with Gasteiger partial charge in [0.15, 0.2) is 0 Å². The largest absolute Gasteiger partial charge is 0.506 e. The van der Waals surface area contributed by atoms with E-state index in [1.165, 1.54) is 6.26 Å². The number of phenolic OH excluding ortho intramolecular Hbond substituents is 1. The minimum Gasteiger partial charge on any atom is -0.506 e. The molecule has 3 rings (SSSR count). The van der Waals surface area contributed by atoms with Crippen LogP contribution in [0.15, 0.2) is 18.2 Å². The number of sulfonamides is 1. The smallest absolute Gasteiger partial charge is 0.225 e. The van der Waals surface area contributed by atoms with Gasteiger partial charge in [-0.2, -0.15) is 0 Å². The first kappa shape index (κ1) is 22.4. The molecule has 2 heterocycles. The van der Waals surface area contributed by atoms with Crippen LogP contribution in [0, 0.1) is 17.8 Å². The van der Waals surface area contributed by atoms with E-state index in [0.717, 1.165) is 44.3 Å². The first-order valence-corrected chi connectivity index (χ1v) is 12.6. The van der Waals surface area contributed by atoms with Crippen molar-refractivity contribution in [2.45, 2.75) is 39.0 Å². The summed E-state index contributed by atoms with van der Waals surface area (Å²) in [7, 11) is -3.08. The number of hydrogen-bond acceptors (Lipinski definition) is 4. The normalized spacial score (nSPS) is 21.3. The first-order valence-electron chi connectivity index (χ1n) is 10.4. The third-order valence-corrected chi connectivity index (χ3v) is 8.07. The lowest BCUT2D eigenvalue weighted by Crippen LogP contribution is -2.45. The highest BCUT2D eigenvalue weighted by molar-refractivity contribution is 7.88. The average molecular weight is 443 g/mol. The number of phenols is 1. The molecule has 0 spiro atoms. The second-order valence-corrected chi connectivity index (χ2v) is 10.9. The van der Waals surface area contributed by atoms with Gasteiger partial charge in [0.2, 0.25) is 15.9 Å². The lowest BCUT2D eigenvalue weighted by molar-refractivity contribution is -0.136. The minimum atomic E-state index is -3.08. The van der Waals surface area contributed by atoms with Crippen LogP contribution in [-0.4, -0.2) is 61.1 Å². The molecule has 2 saturated heterocycles. The Kier molecular flexibility index (Phi) is 7.12. The third-order valence-electron chi connectivity index (χ3n) is 6.46. The van der Waals surface area contributed by atoms with Crippen LogP contribution in [0.1, 0.15) is 38.2 Å². The van der Waals surface area contributed by atoms with E-state index < -0.39 is 10.0 Å². The zero-order chi connectivity index (χ0) is 21.2. The molecule has 2 aliphatic heterocycles. The second kappa shape index (κ2) is 9.23. The zero-order valence-electron chi connectivity index (χ0n) is 17.2. The molecule has 2 fully saturated rings. The van der Waals surface area contributed by atoms with Gasteiger partial charge in [-0.05, 0) is 61.6 Å². The fraction of sp³-hybridized carbons (Fsp3) is 0.667. The quantitative estimate of drug-likeness (QED) is 0.759. The summed E-state index contributed by atoms with van der Waals surface area (Å²) >= 11 is 5.97. The Labute approximate surface area is 178 Å². The zero-order valence-corrected chi connectivity index (χ0v) is 18.8. The van der Waals surface area contributed by atoms with E-state index in [9.17, 15) is 18.3 Å². The predicted octanol–water partition coefficient (Wildman–Crippen LogP) is 3.13. The number of halogens is 1. The molecule has 0 aromatic heterocycles. The molecule has 0 bridgehead atoms. The molecule has 8 heteroatoms. The van der Waals surface area contributed by atoms with Gasteiger partial charge in [-0.25, -0.2) is 12.7 Å². The van der Waals surface area contributed by atoms with E-state index in [2.05, 4.69) is 0 Å². The third kappa shape index (κ3) is 5.64. The van der Waals surface area contributed by atoms with Crippen molar-refractivity contribution in [2.75, 3.05) is 32.4 Å². The van der Waals surface area contributed by atoms with Crippen LogP contribution in [0.5, 0.6) is 5.75 Å². The van der Waals surface area contributed by atoms with E-state index in [1.54, 1.807) is 22.5 Å². The van der Waals surface area contributed by atoms with Gasteiger partial charge in [-0.1, -0.05) is 24.6 Å². The van der Waals surface area contributed by atoms with Crippen molar-refractivity contribution >= 4 is 27.5 Å². The number of rotatable bonds is 5. The number of hydrogen-bond donors (Lipinski definition) is 1. The van der Waals surface area contributed by atoms with Crippen molar-refractivity contribution in [3.63, 3.8) is 0 Å². The maximum Gasteiger partial charge on any atom is 0.225 e. The summed E-state index contributed by atoms with van der Waals surface area (Å²) in [5.74, 6) is 1.22. The highest BCUT2D eigenvalue weighted by Crippen LogP contribution is 2.33. The monoisotopic (exact) mass is 442 g/mol. The summed E-state index contributed by atoms with van der Waals surface area (Å²) in [5.41, 5.74) is 0.946. The van der Waals surface area contributed by atoms with Crippen LogP contribution < -0.4 is 0 Å². The van der Waals surface area contributed by atoms with E-state index in [4.69, 9.17) is 11.6 Å². The number of carbonyl (C=O) groups excluding carboxylic acids is 1. The fourth-order valence-corrected chi connectivity index (χ4v) is 5.78. The van der Waals surface area contributed by atoms with Crippen LogP contribution in [0.3, 0.4) is 0 Å². The number of carbonyl (C=O) groups is 1. The Morgan fingerprint density at radius 2 is 1.69 bits per heavy atom. The molecule has 0 radical (unpaired) electrons. The Morgan fingerprint density at radius 3 is 2.21 bits per heavy atom. The molecule has 0 unspecified atom stereocenters. The highest BCUT2D eigenvalue weighted by Gasteiger charge is 2.33. The molecule has 0 saturated carbocycles. The molecule has 1 N–H and O–H groups in total. The lowest BCUT2D eigenvalue weighted by atomic mass is 9.79. The van der Waals surface area contributed by atoms with Gasteiger partial charge in [0, 0.05) is 32.1 Å². The highest BCUT2D eigenvalue weighted by atomic mass is 35.5. The SMILES string of the molecule is C[C@H](Cc1ccc(O)c(Cl)c1)C(=O)N1CCC(C2CCN(S(C)(=O)=O)CC2)CC1. The van der Waals surface area contributed by atoms with E-state index in [-0.39, 0.29) is 17.6 Å². The second-order valence-electron chi connectivity index (χ2n) is 8.55. The lowest BCUT2D eigenvalue weighted by Gasteiger charge is -2.40. The van der Waals surface area contributed by atoms with E-state index in [0.29, 0.717) is 36.4 Å². The molecule has 6 nitrogen and oxygen atoms in total. The van der Waals surface area contributed by atoms with Crippen LogP contribution in [-0.2, 0) is 21.2 Å². The Balaban J connectivity index is 1.47. The summed E-state index contributed by atoms with van der Waals surface area (Å²) in [4.78, 5) is 14.8. The number of likely N-dealkylation sites (tertiary alicyclic amines) is 1. The van der Waals surface area contributed by atoms with Crippen molar-refractivity contribution in [3.05, 3.63) is 28.8 Å². The van der Waals surface area contributed by atoms with Crippen molar-refractivity contribution in [2.24, 2.45) is 17.8 Å². The molecular formula is C21H31ClN2O4S. The number of amides is 1. The predicted molar refractivity (Wildman–Crippen MR) is 114 cm³/mol. The molecule has 2 aliphatic rings. The maximum absolute atomic E-state index is 12.9. The van der Waals surface area contributed by atoms with Crippen LogP contribution in [0.25, 0.3) is 0 Å². The standard InChI is InChI=1S/C21H31ClN2O4S/c1-15(13-16-3-4-20(25)19(22)14-16)21(26)23-9-5-17(6-10-23)18-7-11-24(12-8-18)29(2,27)28/h3-4,14-15,17-18,25H,5-13H2,1-2H3/t15-/m1/s1. The van der Waals surface area contributed by atoms with Gasteiger partial charge >= 0.3 is 0 Å². The van der Waals surface area contributed by atoms with Crippen molar-refractivity contribution in [3.8, 4) is 5.75 Å². The fourth-order valence-electron chi connectivity index (χ4n) is 4.70. The van der Waals surface area contributed by atoms with Crippen LogP contribution in [0.2, 0.25) is 5.02 Å². The summed E-state index contributed by atoms with van der Waals surface area (Å²) in [6.07, 6.45) is 5.71. The van der Waals surface area contributed by atoms with E-state index >= 15 is 0 Å². The summed E-state index contributed by atoms with van der Waals surface area (Å²) < 4.78 is 24.9. The number of benzene rings is 1. The van der Waals surface area contributed by atoms with Crippen LogP contribution >= 0.6 is 11.6 Å². The van der Waals surface area contributed by atoms with Crippen molar-refractivity contribution in [1.29, 1.82) is 0 Å². The van der Waals surface area contributed by atoms with Gasteiger partial charge in [-0.3, -0.25) is 4.79 Å². The number of piperidine rings is 2. The molecule has 162 valence electrons. The van der Waals surface area contributed by atoms with Gasteiger partial charge in [0.05, 0.1) is 11.3 Å². The van der Waals surface area contributed by atoms with Gasteiger partial charge < -0.3 is 10.0 Å². The molecule has 29 heavy (non-hydrogen) atoms. The minimum absolute atomic E-state index is 0.0545.